The van der Waals surface area contributed by atoms with Crippen molar-refractivity contribution in [2.24, 2.45) is 0 Å². The van der Waals surface area contributed by atoms with Crippen molar-refractivity contribution in [2.45, 2.75) is 60.5 Å². The monoisotopic (exact) mass is 468 g/mol. The number of hydrogen-bond donors (Lipinski definition) is 0. The van der Waals surface area contributed by atoms with Gasteiger partial charge in [-0.3, -0.25) is 9.36 Å². The van der Waals surface area contributed by atoms with Crippen LogP contribution in [0.2, 0.25) is 0 Å². The first-order valence-electron chi connectivity index (χ1n) is 11.8. The summed E-state index contributed by atoms with van der Waals surface area (Å²) in [5.41, 5.74) is 5.87. The van der Waals surface area contributed by atoms with E-state index in [2.05, 4.69) is 36.8 Å². The van der Waals surface area contributed by atoms with Gasteiger partial charge < -0.3 is 4.74 Å². The topological polar surface area (TPSA) is 69.9 Å². The Labute approximate surface area is 206 Å². The summed E-state index contributed by atoms with van der Waals surface area (Å²) >= 11 is 0. The number of hydrogen-bond acceptors (Lipinski definition) is 5. The van der Waals surface area contributed by atoms with Crippen LogP contribution < -0.4 is 10.3 Å². The lowest BCUT2D eigenvalue weighted by Gasteiger charge is -2.18. The van der Waals surface area contributed by atoms with Crippen LogP contribution in [0.3, 0.4) is 0 Å². The zero-order valence-corrected chi connectivity index (χ0v) is 21.5. The number of rotatable bonds is 5. The Balaban J connectivity index is 1.71. The molecule has 6 nitrogen and oxygen atoms in total. The van der Waals surface area contributed by atoms with E-state index in [9.17, 15) is 4.79 Å². The molecule has 0 unspecified atom stereocenters. The first-order valence-corrected chi connectivity index (χ1v) is 11.8. The van der Waals surface area contributed by atoms with Gasteiger partial charge in [-0.2, -0.15) is 4.98 Å². The number of nitrogens with zero attached hydrogens (tertiary/aromatic N) is 4. The Kier molecular flexibility index (Phi) is 6.57. The van der Waals surface area contributed by atoms with E-state index in [4.69, 9.17) is 9.72 Å². The third-order valence-corrected chi connectivity index (χ3v) is 5.91. The molecular formula is C29H32N4O2. The highest BCUT2D eigenvalue weighted by Crippen LogP contribution is 2.27. The Morgan fingerprint density at radius 2 is 1.69 bits per heavy atom. The predicted molar refractivity (Wildman–Crippen MR) is 139 cm³/mol. The second-order valence-electron chi connectivity index (χ2n) is 10.0. The third kappa shape index (κ3) is 5.16. The molecule has 4 rings (SSSR count). The first-order chi connectivity index (χ1) is 16.5. The zero-order chi connectivity index (χ0) is 25.3. The van der Waals surface area contributed by atoms with Crippen molar-refractivity contribution in [3.05, 3.63) is 99.0 Å². The van der Waals surface area contributed by atoms with Gasteiger partial charge in [0, 0.05) is 17.2 Å². The highest BCUT2D eigenvalue weighted by Gasteiger charge is 2.20. The van der Waals surface area contributed by atoms with E-state index < -0.39 is 0 Å². The Hall–Kier alpha value is -3.80. The minimum Gasteiger partial charge on any atom is -0.472 e. The Morgan fingerprint density at radius 3 is 2.40 bits per heavy atom. The van der Waals surface area contributed by atoms with Crippen LogP contribution in [-0.2, 0) is 12.0 Å². The molecular weight excluding hydrogens is 436 g/mol. The maximum atomic E-state index is 13.4. The van der Waals surface area contributed by atoms with Gasteiger partial charge in [-0.05, 0) is 51.0 Å². The molecule has 0 N–H and O–H groups in total. The number of benzene rings is 2. The van der Waals surface area contributed by atoms with Crippen LogP contribution in [0.25, 0.3) is 16.9 Å². The summed E-state index contributed by atoms with van der Waals surface area (Å²) in [7, 11) is 0. The maximum Gasteiger partial charge on any atom is 0.264 e. The van der Waals surface area contributed by atoms with Gasteiger partial charge in [-0.1, -0.05) is 62.7 Å². The van der Waals surface area contributed by atoms with Gasteiger partial charge in [-0.15, -0.1) is 0 Å². The van der Waals surface area contributed by atoms with Crippen molar-refractivity contribution >= 4 is 0 Å². The molecule has 0 aliphatic rings. The van der Waals surface area contributed by atoms with Crippen molar-refractivity contribution in [2.75, 3.05) is 0 Å². The fourth-order valence-corrected chi connectivity index (χ4v) is 3.97. The molecule has 2 aromatic heterocycles. The van der Waals surface area contributed by atoms with E-state index in [1.807, 2.05) is 69.4 Å². The average molecular weight is 469 g/mol. The molecule has 0 aliphatic heterocycles. The molecule has 6 heteroatoms. The normalized spacial score (nSPS) is 11.5. The molecule has 2 heterocycles. The summed E-state index contributed by atoms with van der Waals surface area (Å²) in [6, 6.07) is 15.9. The van der Waals surface area contributed by atoms with Crippen LogP contribution in [0.4, 0.5) is 0 Å². The van der Waals surface area contributed by atoms with E-state index >= 15 is 0 Å². The average Bonchev–Trinajstić information content (AvgIpc) is 2.80. The highest BCUT2D eigenvalue weighted by molar-refractivity contribution is 5.65. The molecule has 0 bridgehead atoms. The summed E-state index contributed by atoms with van der Waals surface area (Å²) < 4.78 is 7.57. The molecule has 4 aromatic rings. The summed E-state index contributed by atoms with van der Waals surface area (Å²) in [5, 5.41) is 0. The quantitative estimate of drug-likeness (QED) is 0.370. The minimum atomic E-state index is -0.164. The van der Waals surface area contributed by atoms with Crippen LogP contribution >= 0.6 is 0 Å². The van der Waals surface area contributed by atoms with Gasteiger partial charge in [0.25, 0.3) is 5.56 Å². The molecule has 0 atom stereocenters. The minimum absolute atomic E-state index is 0.149. The number of aryl methyl sites for hydroxylation is 3. The van der Waals surface area contributed by atoms with Crippen molar-refractivity contribution in [1.82, 2.24) is 19.5 Å². The molecule has 35 heavy (non-hydrogen) atoms. The molecule has 0 spiro atoms. The summed E-state index contributed by atoms with van der Waals surface area (Å²) in [4.78, 5) is 27.4. The third-order valence-electron chi connectivity index (χ3n) is 5.91. The van der Waals surface area contributed by atoms with Gasteiger partial charge in [-0.25, -0.2) is 9.97 Å². The second-order valence-corrected chi connectivity index (χ2v) is 10.0. The Bertz CT molecular complexity index is 1450. The number of ether oxygens (including phenoxy) is 1. The molecule has 0 radical (unpaired) electrons. The maximum absolute atomic E-state index is 13.4. The predicted octanol–water partition coefficient (Wildman–Crippen LogP) is 5.80. The SMILES string of the molecule is Cc1cccc(COc2nc(C)n(-c3cccc(-c4nc(C(C)(C)C)ncc4C)c3)c(=O)c2C)c1. The molecule has 0 saturated carbocycles. The van der Waals surface area contributed by atoms with E-state index in [1.165, 1.54) is 0 Å². The van der Waals surface area contributed by atoms with Gasteiger partial charge in [0.2, 0.25) is 5.88 Å². The molecule has 0 amide bonds. The van der Waals surface area contributed by atoms with Crippen LogP contribution in [0, 0.1) is 27.7 Å². The van der Waals surface area contributed by atoms with E-state index in [0.29, 0.717) is 23.9 Å². The molecule has 180 valence electrons. The molecule has 0 aliphatic carbocycles. The van der Waals surface area contributed by atoms with Crippen LogP contribution in [0.1, 0.15) is 54.7 Å². The summed E-state index contributed by atoms with van der Waals surface area (Å²) in [6.07, 6.45) is 1.86. The summed E-state index contributed by atoms with van der Waals surface area (Å²) in [6.45, 7) is 14.3. The summed E-state index contributed by atoms with van der Waals surface area (Å²) in [5.74, 6) is 1.71. The fourth-order valence-electron chi connectivity index (χ4n) is 3.97. The lowest BCUT2D eigenvalue weighted by Crippen LogP contribution is -2.25. The van der Waals surface area contributed by atoms with E-state index in [1.54, 1.807) is 11.5 Å². The van der Waals surface area contributed by atoms with Crippen LogP contribution in [0.5, 0.6) is 5.88 Å². The lowest BCUT2D eigenvalue weighted by atomic mass is 9.95. The fraction of sp³-hybridized carbons (Fsp3) is 0.310. The van der Waals surface area contributed by atoms with Crippen LogP contribution in [0.15, 0.2) is 59.5 Å². The van der Waals surface area contributed by atoms with Crippen molar-refractivity contribution in [1.29, 1.82) is 0 Å². The number of aromatic nitrogens is 4. The van der Waals surface area contributed by atoms with Crippen LogP contribution in [-0.4, -0.2) is 19.5 Å². The molecule has 0 saturated heterocycles. The highest BCUT2D eigenvalue weighted by atomic mass is 16.5. The second kappa shape index (κ2) is 9.45. The van der Waals surface area contributed by atoms with Gasteiger partial charge in [0.15, 0.2) is 0 Å². The zero-order valence-electron chi connectivity index (χ0n) is 21.5. The van der Waals surface area contributed by atoms with Gasteiger partial charge in [0.1, 0.15) is 18.3 Å². The molecule has 2 aromatic carbocycles. The standard InChI is InChI=1S/C29H32N4O2/c1-18-10-8-11-22(14-18)17-35-26-20(3)27(34)33(21(4)31-26)24-13-9-12-23(15-24)25-19(2)16-30-28(32-25)29(5,6)7/h8-16H,17H2,1-7H3. The smallest absolute Gasteiger partial charge is 0.264 e. The van der Waals surface area contributed by atoms with Crippen molar-refractivity contribution in [3.8, 4) is 22.8 Å². The van der Waals surface area contributed by atoms with E-state index in [0.717, 1.165) is 39.5 Å². The van der Waals surface area contributed by atoms with Gasteiger partial charge >= 0.3 is 0 Å². The van der Waals surface area contributed by atoms with Gasteiger partial charge in [0.05, 0.1) is 16.9 Å². The first kappa shape index (κ1) is 24.3. The largest absolute Gasteiger partial charge is 0.472 e. The molecule has 0 fully saturated rings. The lowest BCUT2D eigenvalue weighted by molar-refractivity contribution is 0.289. The Morgan fingerprint density at radius 1 is 0.943 bits per heavy atom. The van der Waals surface area contributed by atoms with Crippen molar-refractivity contribution in [3.63, 3.8) is 0 Å². The van der Waals surface area contributed by atoms with E-state index in [-0.39, 0.29) is 11.0 Å². The van der Waals surface area contributed by atoms with Crippen molar-refractivity contribution < 1.29 is 4.74 Å².